The van der Waals surface area contributed by atoms with Gasteiger partial charge in [0.05, 0.1) is 0 Å². The minimum absolute atomic E-state index is 0.170. The van der Waals surface area contributed by atoms with Gasteiger partial charge in [-0.3, -0.25) is 0 Å². The highest BCUT2D eigenvalue weighted by Gasteiger charge is 2.18. The van der Waals surface area contributed by atoms with Gasteiger partial charge in [-0.15, -0.1) is 0 Å². The minimum atomic E-state index is -0.170. The van der Waals surface area contributed by atoms with E-state index in [2.05, 4.69) is 22.3 Å². The Balaban J connectivity index is 1.40. The van der Waals surface area contributed by atoms with Crippen LogP contribution in [-0.4, -0.2) is 25.7 Å². The normalized spacial score (nSPS) is 15.8. The highest BCUT2D eigenvalue weighted by molar-refractivity contribution is 5.53. The molecule has 3 rings (SSSR count). The van der Waals surface area contributed by atoms with E-state index >= 15 is 0 Å². The van der Waals surface area contributed by atoms with E-state index in [1.807, 2.05) is 24.3 Å². The lowest BCUT2D eigenvalue weighted by atomic mass is 10.0. The molecule has 0 saturated carbocycles. The lowest BCUT2D eigenvalue weighted by Gasteiger charge is -2.34. The Morgan fingerprint density at radius 1 is 1.00 bits per heavy atom. The summed E-state index contributed by atoms with van der Waals surface area (Å²) in [4.78, 5) is 2.41. The van der Waals surface area contributed by atoms with Gasteiger partial charge in [0.15, 0.2) is 0 Å². The van der Waals surface area contributed by atoms with Crippen molar-refractivity contribution < 1.29 is 4.39 Å². The van der Waals surface area contributed by atoms with Crippen LogP contribution in [0.1, 0.15) is 18.4 Å². The Hall–Kier alpha value is -2.07. The number of hydrogen-bond donors (Lipinski definition) is 2. The van der Waals surface area contributed by atoms with E-state index < -0.39 is 0 Å². The van der Waals surface area contributed by atoms with Crippen LogP contribution in [0.15, 0.2) is 48.5 Å². The number of hydrogen-bond acceptors (Lipinski definition) is 3. The Morgan fingerprint density at radius 3 is 2.30 bits per heavy atom. The molecular formula is C19H24FN3. The first-order valence-electron chi connectivity index (χ1n) is 8.29. The predicted molar refractivity (Wildman–Crippen MR) is 94.2 cm³/mol. The first-order chi connectivity index (χ1) is 11.2. The van der Waals surface area contributed by atoms with E-state index in [1.165, 1.54) is 23.4 Å². The SMILES string of the molecule is Nc1ccc(N2CCC(NCCc3ccc(F)cc3)CC2)cc1. The first kappa shape index (κ1) is 15.8. The minimum Gasteiger partial charge on any atom is -0.399 e. The second kappa shape index (κ2) is 7.47. The van der Waals surface area contributed by atoms with Crippen LogP contribution in [0.25, 0.3) is 0 Å². The molecule has 3 nitrogen and oxygen atoms in total. The molecule has 1 aliphatic rings. The first-order valence-corrected chi connectivity index (χ1v) is 8.29. The van der Waals surface area contributed by atoms with Gasteiger partial charge in [-0.05, 0) is 67.8 Å². The second-order valence-electron chi connectivity index (χ2n) is 6.18. The molecule has 0 amide bonds. The van der Waals surface area contributed by atoms with E-state index in [-0.39, 0.29) is 5.82 Å². The van der Waals surface area contributed by atoms with Crippen LogP contribution in [0.5, 0.6) is 0 Å². The average molecular weight is 313 g/mol. The maximum Gasteiger partial charge on any atom is 0.123 e. The number of nitrogen functional groups attached to an aromatic ring is 1. The highest BCUT2D eigenvalue weighted by Crippen LogP contribution is 2.21. The quantitative estimate of drug-likeness (QED) is 0.833. The maximum atomic E-state index is 12.9. The molecule has 0 spiro atoms. The number of rotatable bonds is 5. The van der Waals surface area contributed by atoms with Gasteiger partial charge in [-0.1, -0.05) is 12.1 Å². The molecule has 4 heteroatoms. The molecule has 0 atom stereocenters. The summed E-state index contributed by atoms with van der Waals surface area (Å²) in [6, 6.07) is 15.5. The van der Waals surface area contributed by atoms with Gasteiger partial charge >= 0.3 is 0 Å². The lowest BCUT2D eigenvalue weighted by Crippen LogP contribution is -2.43. The van der Waals surface area contributed by atoms with Crippen LogP contribution >= 0.6 is 0 Å². The molecule has 0 aromatic heterocycles. The van der Waals surface area contributed by atoms with Gasteiger partial charge in [0.1, 0.15) is 5.82 Å². The van der Waals surface area contributed by atoms with Crippen molar-refractivity contribution in [1.82, 2.24) is 5.32 Å². The average Bonchev–Trinajstić information content (AvgIpc) is 2.58. The molecule has 122 valence electrons. The summed E-state index contributed by atoms with van der Waals surface area (Å²) in [5.74, 6) is -0.170. The van der Waals surface area contributed by atoms with Gasteiger partial charge < -0.3 is 16.0 Å². The summed E-state index contributed by atoms with van der Waals surface area (Å²) in [7, 11) is 0. The molecule has 0 aliphatic carbocycles. The highest BCUT2D eigenvalue weighted by atomic mass is 19.1. The van der Waals surface area contributed by atoms with Crippen LogP contribution in [0.2, 0.25) is 0 Å². The fraction of sp³-hybridized carbons (Fsp3) is 0.368. The predicted octanol–water partition coefficient (Wildman–Crippen LogP) is 3.21. The molecule has 3 N–H and O–H groups in total. The van der Waals surface area contributed by atoms with Gasteiger partial charge in [-0.25, -0.2) is 4.39 Å². The number of nitrogens with zero attached hydrogens (tertiary/aromatic N) is 1. The number of nitrogens with two attached hydrogens (primary N) is 1. The molecular weight excluding hydrogens is 289 g/mol. The van der Waals surface area contributed by atoms with Crippen molar-refractivity contribution in [3.63, 3.8) is 0 Å². The largest absolute Gasteiger partial charge is 0.399 e. The zero-order chi connectivity index (χ0) is 16.1. The third-order valence-corrected chi connectivity index (χ3v) is 4.51. The fourth-order valence-corrected chi connectivity index (χ4v) is 3.10. The maximum absolute atomic E-state index is 12.9. The number of halogens is 1. The molecule has 0 radical (unpaired) electrons. The summed E-state index contributed by atoms with van der Waals surface area (Å²) in [5.41, 5.74) is 8.98. The smallest absolute Gasteiger partial charge is 0.123 e. The molecule has 1 heterocycles. The lowest BCUT2D eigenvalue weighted by molar-refractivity contribution is 0.417. The summed E-state index contributed by atoms with van der Waals surface area (Å²) < 4.78 is 12.9. The third-order valence-electron chi connectivity index (χ3n) is 4.51. The molecule has 2 aromatic rings. The van der Waals surface area contributed by atoms with Crippen molar-refractivity contribution in [2.45, 2.75) is 25.3 Å². The molecule has 0 unspecified atom stereocenters. The number of benzene rings is 2. The van der Waals surface area contributed by atoms with Crippen molar-refractivity contribution in [2.75, 3.05) is 30.3 Å². The Bertz CT molecular complexity index is 599. The summed E-state index contributed by atoms with van der Waals surface area (Å²) in [6.07, 6.45) is 3.24. The summed E-state index contributed by atoms with van der Waals surface area (Å²) in [5, 5.41) is 3.63. The Labute approximate surface area is 137 Å². The molecule has 2 aromatic carbocycles. The number of piperidine rings is 1. The Morgan fingerprint density at radius 2 is 1.65 bits per heavy atom. The number of anilines is 2. The van der Waals surface area contributed by atoms with E-state index in [0.29, 0.717) is 6.04 Å². The summed E-state index contributed by atoms with van der Waals surface area (Å²) in [6.45, 7) is 3.08. The molecule has 1 saturated heterocycles. The van der Waals surface area contributed by atoms with Crippen molar-refractivity contribution in [3.05, 3.63) is 59.9 Å². The number of nitrogens with one attached hydrogen (secondary N) is 1. The van der Waals surface area contributed by atoms with Crippen LogP contribution in [-0.2, 0) is 6.42 Å². The van der Waals surface area contributed by atoms with Crippen LogP contribution < -0.4 is 16.0 Å². The van der Waals surface area contributed by atoms with Gasteiger partial charge in [0.2, 0.25) is 0 Å². The molecule has 1 aliphatic heterocycles. The van der Waals surface area contributed by atoms with E-state index in [0.717, 1.165) is 44.6 Å². The summed E-state index contributed by atoms with van der Waals surface area (Å²) >= 11 is 0. The van der Waals surface area contributed by atoms with Crippen molar-refractivity contribution in [1.29, 1.82) is 0 Å². The monoisotopic (exact) mass is 313 g/mol. The van der Waals surface area contributed by atoms with Gasteiger partial charge in [0.25, 0.3) is 0 Å². The zero-order valence-corrected chi connectivity index (χ0v) is 13.3. The van der Waals surface area contributed by atoms with Crippen molar-refractivity contribution >= 4 is 11.4 Å². The fourth-order valence-electron chi connectivity index (χ4n) is 3.10. The Kier molecular flexibility index (Phi) is 5.13. The van der Waals surface area contributed by atoms with Crippen molar-refractivity contribution in [3.8, 4) is 0 Å². The third kappa shape index (κ3) is 4.45. The standard InChI is InChI=1S/C19H24FN3/c20-16-3-1-15(2-4-16)9-12-22-18-10-13-23(14-11-18)19-7-5-17(21)6-8-19/h1-8,18,22H,9-14,21H2. The van der Waals surface area contributed by atoms with Crippen LogP contribution in [0, 0.1) is 5.82 Å². The zero-order valence-electron chi connectivity index (χ0n) is 13.3. The molecule has 23 heavy (non-hydrogen) atoms. The topological polar surface area (TPSA) is 41.3 Å². The van der Waals surface area contributed by atoms with Crippen molar-refractivity contribution in [2.24, 2.45) is 0 Å². The van der Waals surface area contributed by atoms with E-state index in [9.17, 15) is 4.39 Å². The second-order valence-corrected chi connectivity index (χ2v) is 6.18. The van der Waals surface area contributed by atoms with E-state index in [1.54, 1.807) is 0 Å². The van der Waals surface area contributed by atoms with Gasteiger partial charge in [-0.2, -0.15) is 0 Å². The van der Waals surface area contributed by atoms with Crippen LogP contribution in [0.4, 0.5) is 15.8 Å². The molecule has 1 fully saturated rings. The van der Waals surface area contributed by atoms with Crippen LogP contribution in [0.3, 0.4) is 0 Å². The van der Waals surface area contributed by atoms with E-state index in [4.69, 9.17) is 5.73 Å². The molecule has 0 bridgehead atoms. The van der Waals surface area contributed by atoms with Gasteiger partial charge in [0, 0.05) is 30.5 Å².